The first-order valence-electron chi connectivity index (χ1n) is 9.63. The smallest absolute Gasteiger partial charge is 0.241 e. The molecule has 0 radical (unpaired) electrons. The van der Waals surface area contributed by atoms with Crippen molar-refractivity contribution in [1.29, 1.82) is 0 Å². The Morgan fingerprint density at radius 2 is 1.59 bits per heavy atom. The fraction of sp³-hybridized carbons (Fsp3) is 0.409. The third-order valence-electron chi connectivity index (χ3n) is 5.31. The topological polar surface area (TPSA) is 55.8 Å². The molecule has 0 saturated carbocycles. The van der Waals surface area contributed by atoms with E-state index in [4.69, 9.17) is 0 Å². The SMILES string of the molecule is CC(C)c1ccc(NC(=O)[C@H](C)N2CCN(c3ccccc3O)CC2)cc1. The number of rotatable bonds is 5. The Bertz CT molecular complexity index is 765. The average molecular weight is 367 g/mol. The van der Waals surface area contributed by atoms with Gasteiger partial charge in [-0.15, -0.1) is 0 Å². The number of hydrogen-bond donors (Lipinski definition) is 2. The minimum atomic E-state index is -0.193. The predicted octanol–water partition coefficient (Wildman–Crippen LogP) is 3.66. The number of hydrogen-bond acceptors (Lipinski definition) is 4. The molecule has 1 aliphatic heterocycles. The molecule has 144 valence electrons. The van der Waals surface area contributed by atoms with Crippen molar-refractivity contribution in [2.24, 2.45) is 0 Å². The van der Waals surface area contributed by atoms with Crippen molar-refractivity contribution in [2.75, 3.05) is 36.4 Å². The summed E-state index contributed by atoms with van der Waals surface area (Å²) >= 11 is 0. The van der Waals surface area contributed by atoms with E-state index in [0.29, 0.717) is 11.7 Å². The van der Waals surface area contributed by atoms with E-state index in [1.165, 1.54) is 5.56 Å². The van der Waals surface area contributed by atoms with Crippen LogP contribution in [-0.2, 0) is 4.79 Å². The molecule has 1 aliphatic rings. The summed E-state index contributed by atoms with van der Waals surface area (Å²) in [5, 5.41) is 13.0. The van der Waals surface area contributed by atoms with Gasteiger partial charge in [0.15, 0.2) is 0 Å². The summed E-state index contributed by atoms with van der Waals surface area (Å²) in [4.78, 5) is 17.0. The first-order valence-corrected chi connectivity index (χ1v) is 9.63. The quantitative estimate of drug-likeness (QED) is 0.847. The highest BCUT2D eigenvalue weighted by Crippen LogP contribution is 2.27. The summed E-state index contributed by atoms with van der Waals surface area (Å²) in [7, 11) is 0. The monoisotopic (exact) mass is 367 g/mol. The van der Waals surface area contributed by atoms with Crippen LogP contribution in [0, 0.1) is 0 Å². The van der Waals surface area contributed by atoms with E-state index in [9.17, 15) is 9.90 Å². The Morgan fingerprint density at radius 3 is 2.19 bits per heavy atom. The third-order valence-corrected chi connectivity index (χ3v) is 5.31. The zero-order valence-electron chi connectivity index (χ0n) is 16.4. The average Bonchev–Trinajstić information content (AvgIpc) is 2.68. The van der Waals surface area contributed by atoms with Crippen LogP contribution in [-0.4, -0.2) is 48.1 Å². The molecule has 2 aromatic carbocycles. The second-order valence-corrected chi connectivity index (χ2v) is 7.45. The van der Waals surface area contributed by atoms with Gasteiger partial charge in [-0.2, -0.15) is 0 Å². The van der Waals surface area contributed by atoms with Crippen LogP contribution in [0.1, 0.15) is 32.3 Å². The van der Waals surface area contributed by atoms with Crippen LogP contribution in [0.5, 0.6) is 5.75 Å². The number of phenols is 1. The van der Waals surface area contributed by atoms with Crippen molar-refractivity contribution >= 4 is 17.3 Å². The van der Waals surface area contributed by atoms with E-state index < -0.39 is 0 Å². The number of benzene rings is 2. The molecular weight excluding hydrogens is 338 g/mol. The summed E-state index contributed by atoms with van der Waals surface area (Å²) in [5.74, 6) is 0.805. The maximum atomic E-state index is 12.6. The number of phenolic OH excluding ortho intramolecular Hbond substituents is 1. The molecular formula is C22H29N3O2. The number of nitrogens with zero attached hydrogens (tertiary/aromatic N) is 2. The van der Waals surface area contributed by atoms with Crippen molar-refractivity contribution in [3.05, 3.63) is 54.1 Å². The standard InChI is InChI=1S/C22H29N3O2/c1-16(2)18-8-10-19(11-9-18)23-22(27)17(3)24-12-14-25(15-13-24)20-6-4-5-7-21(20)26/h4-11,16-17,26H,12-15H2,1-3H3,(H,23,27)/t17-/m0/s1. The molecule has 1 saturated heterocycles. The number of anilines is 2. The molecule has 1 heterocycles. The van der Waals surface area contributed by atoms with Gasteiger partial charge in [-0.1, -0.05) is 38.1 Å². The van der Waals surface area contributed by atoms with Gasteiger partial charge in [0, 0.05) is 31.9 Å². The lowest BCUT2D eigenvalue weighted by atomic mass is 10.0. The van der Waals surface area contributed by atoms with Crippen molar-refractivity contribution < 1.29 is 9.90 Å². The molecule has 2 aromatic rings. The molecule has 0 aliphatic carbocycles. The highest BCUT2D eigenvalue weighted by Gasteiger charge is 2.26. The van der Waals surface area contributed by atoms with Crippen LogP contribution >= 0.6 is 0 Å². The minimum absolute atomic E-state index is 0.0169. The number of amides is 1. The molecule has 5 heteroatoms. The van der Waals surface area contributed by atoms with E-state index in [1.54, 1.807) is 6.07 Å². The molecule has 0 unspecified atom stereocenters. The first kappa shape index (κ1) is 19.2. The van der Waals surface area contributed by atoms with Crippen molar-refractivity contribution in [3.8, 4) is 5.75 Å². The molecule has 27 heavy (non-hydrogen) atoms. The van der Waals surface area contributed by atoms with Gasteiger partial charge < -0.3 is 15.3 Å². The first-order chi connectivity index (χ1) is 13.0. The van der Waals surface area contributed by atoms with Gasteiger partial charge in [0.2, 0.25) is 5.91 Å². The number of para-hydroxylation sites is 2. The van der Waals surface area contributed by atoms with Gasteiger partial charge in [0.25, 0.3) is 0 Å². The molecule has 1 fully saturated rings. The fourth-order valence-corrected chi connectivity index (χ4v) is 3.45. The highest BCUT2D eigenvalue weighted by molar-refractivity contribution is 5.94. The van der Waals surface area contributed by atoms with Crippen LogP contribution in [0.4, 0.5) is 11.4 Å². The number of carbonyl (C=O) groups excluding carboxylic acids is 1. The van der Waals surface area contributed by atoms with Gasteiger partial charge in [-0.3, -0.25) is 9.69 Å². The Morgan fingerprint density at radius 1 is 0.963 bits per heavy atom. The molecule has 0 spiro atoms. The Balaban J connectivity index is 1.54. The maximum Gasteiger partial charge on any atom is 0.241 e. The van der Waals surface area contributed by atoms with Crippen LogP contribution in [0.2, 0.25) is 0 Å². The van der Waals surface area contributed by atoms with Gasteiger partial charge in [0.05, 0.1) is 11.7 Å². The molecule has 3 rings (SSSR count). The number of nitrogens with one attached hydrogen (secondary N) is 1. The molecule has 1 atom stereocenters. The molecule has 1 amide bonds. The second kappa shape index (κ2) is 8.44. The van der Waals surface area contributed by atoms with E-state index in [2.05, 4.69) is 41.1 Å². The maximum absolute atomic E-state index is 12.6. The Labute approximate surface area is 161 Å². The highest BCUT2D eigenvalue weighted by atomic mass is 16.3. The van der Waals surface area contributed by atoms with Crippen LogP contribution < -0.4 is 10.2 Å². The van der Waals surface area contributed by atoms with Gasteiger partial charge in [-0.25, -0.2) is 0 Å². The number of aromatic hydroxyl groups is 1. The van der Waals surface area contributed by atoms with E-state index >= 15 is 0 Å². The van der Waals surface area contributed by atoms with E-state index in [0.717, 1.165) is 37.6 Å². The summed E-state index contributed by atoms with van der Waals surface area (Å²) in [6.07, 6.45) is 0. The minimum Gasteiger partial charge on any atom is -0.506 e. The predicted molar refractivity (Wildman–Crippen MR) is 111 cm³/mol. The lowest BCUT2D eigenvalue weighted by Crippen LogP contribution is -2.52. The summed E-state index contributed by atoms with van der Waals surface area (Å²) in [6, 6.07) is 15.3. The van der Waals surface area contributed by atoms with E-state index in [1.807, 2.05) is 37.3 Å². The van der Waals surface area contributed by atoms with Crippen molar-refractivity contribution in [3.63, 3.8) is 0 Å². The van der Waals surface area contributed by atoms with Gasteiger partial charge in [-0.05, 0) is 42.7 Å². The zero-order chi connectivity index (χ0) is 19.4. The molecule has 5 nitrogen and oxygen atoms in total. The lowest BCUT2D eigenvalue weighted by molar-refractivity contribution is -0.120. The van der Waals surface area contributed by atoms with Crippen molar-refractivity contribution in [1.82, 2.24) is 4.90 Å². The fourth-order valence-electron chi connectivity index (χ4n) is 3.45. The zero-order valence-corrected chi connectivity index (χ0v) is 16.4. The van der Waals surface area contributed by atoms with Gasteiger partial charge >= 0.3 is 0 Å². The lowest BCUT2D eigenvalue weighted by Gasteiger charge is -2.38. The van der Waals surface area contributed by atoms with E-state index in [-0.39, 0.29) is 11.9 Å². The molecule has 2 N–H and O–H groups in total. The molecule has 0 bridgehead atoms. The summed E-state index contributed by atoms with van der Waals surface area (Å²) in [6.45, 7) is 9.42. The number of carbonyl (C=O) groups is 1. The Kier molecular flexibility index (Phi) is 6.01. The van der Waals surface area contributed by atoms with Crippen LogP contribution in [0.3, 0.4) is 0 Å². The normalized spacial score (nSPS) is 16.4. The summed E-state index contributed by atoms with van der Waals surface area (Å²) < 4.78 is 0. The van der Waals surface area contributed by atoms with Gasteiger partial charge in [0.1, 0.15) is 5.75 Å². The van der Waals surface area contributed by atoms with Crippen LogP contribution in [0.15, 0.2) is 48.5 Å². The molecule has 0 aromatic heterocycles. The largest absolute Gasteiger partial charge is 0.506 e. The Hall–Kier alpha value is -2.53. The van der Waals surface area contributed by atoms with Crippen LogP contribution in [0.25, 0.3) is 0 Å². The van der Waals surface area contributed by atoms with Crippen molar-refractivity contribution in [2.45, 2.75) is 32.7 Å². The second-order valence-electron chi connectivity index (χ2n) is 7.45. The third kappa shape index (κ3) is 4.61. The number of piperazine rings is 1. The summed E-state index contributed by atoms with van der Waals surface area (Å²) in [5.41, 5.74) is 2.96.